The molecular formula is C22H29N3O3S. The van der Waals surface area contributed by atoms with Crippen molar-refractivity contribution in [3.05, 3.63) is 59.7 Å². The molecule has 156 valence electrons. The Labute approximate surface area is 178 Å². The minimum atomic E-state index is 0.213. The van der Waals surface area contributed by atoms with Gasteiger partial charge in [0, 0.05) is 26.2 Å². The van der Waals surface area contributed by atoms with E-state index in [1.54, 1.807) is 14.2 Å². The summed E-state index contributed by atoms with van der Waals surface area (Å²) in [6, 6.07) is 16.4. The third-order valence-corrected chi connectivity index (χ3v) is 5.34. The Morgan fingerprint density at radius 3 is 2.14 bits per heavy atom. The van der Waals surface area contributed by atoms with Crippen LogP contribution in [-0.2, 0) is 11.3 Å². The zero-order valence-electron chi connectivity index (χ0n) is 17.0. The molecule has 1 heterocycles. The molecule has 7 heteroatoms. The van der Waals surface area contributed by atoms with Crippen LogP contribution in [0.25, 0.3) is 0 Å². The molecule has 3 rings (SSSR count). The van der Waals surface area contributed by atoms with Gasteiger partial charge in [-0.05, 0) is 47.6 Å². The molecule has 1 saturated heterocycles. The van der Waals surface area contributed by atoms with Gasteiger partial charge in [-0.3, -0.25) is 4.90 Å². The zero-order chi connectivity index (χ0) is 20.5. The second kappa shape index (κ2) is 11.0. The van der Waals surface area contributed by atoms with Gasteiger partial charge in [0.05, 0.1) is 33.5 Å². The summed E-state index contributed by atoms with van der Waals surface area (Å²) in [6.45, 7) is 4.72. The highest BCUT2D eigenvalue weighted by Gasteiger charge is 2.22. The SMILES string of the molecule is COc1ccc(CNC(=S)NC[C@H](c2ccc(OC)cc2)N2CCOCC2)cc1. The third kappa shape index (κ3) is 6.32. The molecule has 0 amide bonds. The van der Waals surface area contributed by atoms with E-state index in [0.29, 0.717) is 11.7 Å². The van der Waals surface area contributed by atoms with Gasteiger partial charge in [0.25, 0.3) is 0 Å². The van der Waals surface area contributed by atoms with Crippen LogP contribution in [0, 0.1) is 0 Å². The number of nitrogens with one attached hydrogen (secondary N) is 2. The fourth-order valence-corrected chi connectivity index (χ4v) is 3.51. The number of hydrogen-bond acceptors (Lipinski definition) is 5. The van der Waals surface area contributed by atoms with Crippen LogP contribution in [0.2, 0.25) is 0 Å². The molecule has 1 fully saturated rings. The van der Waals surface area contributed by atoms with Crippen molar-refractivity contribution in [3.63, 3.8) is 0 Å². The lowest BCUT2D eigenvalue weighted by molar-refractivity contribution is 0.0170. The Morgan fingerprint density at radius 1 is 0.966 bits per heavy atom. The number of rotatable bonds is 8. The van der Waals surface area contributed by atoms with E-state index in [9.17, 15) is 0 Å². The van der Waals surface area contributed by atoms with E-state index in [1.165, 1.54) is 5.56 Å². The van der Waals surface area contributed by atoms with Crippen molar-refractivity contribution >= 4 is 17.3 Å². The summed E-state index contributed by atoms with van der Waals surface area (Å²) in [6.07, 6.45) is 0. The Hall–Kier alpha value is -2.35. The molecule has 1 atom stereocenters. The second-order valence-corrected chi connectivity index (χ2v) is 7.26. The lowest BCUT2D eigenvalue weighted by Gasteiger charge is -2.35. The summed E-state index contributed by atoms with van der Waals surface area (Å²) in [4.78, 5) is 2.43. The number of methoxy groups -OCH3 is 2. The van der Waals surface area contributed by atoms with E-state index in [1.807, 2.05) is 36.4 Å². The maximum absolute atomic E-state index is 5.52. The normalized spacial score (nSPS) is 15.4. The van der Waals surface area contributed by atoms with Gasteiger partial charge in [0.15, 0.2) is 5.11 Å². The van der Waals surface area contributed by atoms with E-state index >= 15 is 0 Å². The molecule has 29 heavy (non-hydrogen) atoms. The highest BCUT2D eigenvalue weighted by molar-refractivity contribution is 7.80. The summed E-state index contributed by atoms with van der Waals surface area (Å²) < 4.78 is 16.0. The molecule has 0 saturated carbocycles. The molecule has 0 unspecified atom stereocenters. The quantitative estimate of drug-likeness (QED) is 0.643. The van der Waals surface area contributed by atoms with Crippen LogP contribution in [-0.4, -0.2) is 57.1 Å². The minimum absolute atomic E-state index is 0.213. The van der Waals surface area contributed by atoms with Gasteiger partial charge in [0.2, 0.25) is 0 Å². The zero-order valence-corrected chi connectivity index (χ0v) is 17.8. The summed E-state index contributed by atoms with van der Waals surface area (Å²) >= 11 is 5.50. The molecule has 2 aromatic rings. The highest BCUT2D eigenvalue weighted by Crippen LogP contribution is 2.23. The third-order valence-electron chi connectivity index (χ3n) is 5.06. The van der Waals surface area contributed by atoms with Gasteiger partial charge in [-0.25, -0.2) is 0 Å². The molecule has 2 N–H and O–H groups in total. The van der Waals surface area contributed by atoms with Crippen molar-refractivity contribution < 1.29 is 14.2 Å². The lowest BCUT2D eigenvalue weighted by Crippen LogP contribution is -2.45. The first kappa shape index (κ1) is 21.4. The predicted octanol–water partition coefficient (Wildman–Crippen LogP) is 2.74. The number of thiocarbonyl (C=S) groups is 1. The molecule has 0 aromatic heterocycles. The second-order valence-electron chi connectivity index (χ2n) is 6.85. The van der Waals surface area contributed by atoms with Crippen molar-refractivity contribution in [1.29, 1.82) is 0 Å². The number of ether oxygens (including phenoxy) is 3. The van der Waals surface area contributed by atoms with Crippen LogP contribution < -0.4 is 20.1 Å². The van der Waals surface area contributed by atoms with Crippen LogP contribution in [0.5, 0.6) is 11.5 Å². The highest BCUT2D eigenvalue weighted by atomic mass is 32.1. The molecule has 0 bridgehead atoms. The van der Waals surface area contributed by atoms with Crippen molar-refractivity contribution in [2.24, 2.45) is 0 Å². The van der Waals surface area contributed by atoms with Crippen molar-refractivity contribution in [3.8, 4) is 11.5 Å². The molecule has 2 aromatic carbocycles. The lowest BCUT2D eigenvalue weighted by atomic mass is 10.0. The van der Waals surface area contributed by atoms with Crippen LogP contribution in [0.3, 0.4) is 0 Å². The van der Waals surface area contributed by atoms with E-state index in [4.69, 9.17) is 26.4 Å². The summed E-state index contributed by atoms with van der Waals surface area (Å²) in [7, 11) is 3.35. The van der Waals surface area contributed by atoms with Gasteiger partial charge < -0.3 is 24.8 Å². The van der Waals surface area contributed by atoms with E-state index in [2.05, 4.69) is 27.7 Å². The molecule has 1 aliphatic rings. The van der Waals surface area contributed by atoms with Crippen molar-refractivity contribution in [2.75, 3.05) is 47.1 Å². The first-order valence-corrected chi connectivity index (χ1v) is 10.2. The first-order valence-electron chi connectivity index (χ1n) is 9.80. The maximum atomic E-state index is 5.52. The maximum Gasteiger partial charge on any atom is 0.166 e. The summed E-state index contributed by atoms with van der Waals surface area (Å²) in [5.41, 5.74) is 2.38. The van der Waals surface area contributed by atoms with Gasteiger partial charge in [-0.15, -0.1) is 0 Å². The van der Waals surface area contributed by atoms with E-state index in [0.717, 1.165) is 49.9 Å². The first-order chi connectivity index (χ1) is 14.2. The topological polar surface area (TPSA) is 55.0 Å². The summed E-state index contributed by atoms with van der Waals surface area (Å²) in [5.74, 6) is 1.71. The Balaban J connectivity index is 1.56. The Bertz CT molecular complexity index is 762. The van der Waals surface area contributed by atoms with E-state index < -0.39 is 0 Å². The van der Waals surface area contributed by atoms with Crippen molar-refractivity contribution in [2.45, 2.75) is 12.6 Å². The number of nitrogens with zero attached hydrogens (tertiary/aromatic N) is 1. The van der Waals surface area contributed by atoms with E-state index in [-0.39, 0.29) is 6.04 Å². The molecule has 0 aliphatic carbocycles. The van der Waals surface area contributed by atoms with Crippen LogP contribution >= 0.6 is 12.2 Å². The Kier molecular flexibility index (Phi) is 8.10. The predicted molar refractivity (Wildman–Crippen MR) is 119 cm³/mol. The average molecular weight is 416 g/mol. The largest absolute Gasteiger partial charge is 0.497 e. The van der Waals surface area contributed by atoms with Gasteiger partial charge in [-0.1, -0.05) is 24.3 Å². The number of morpholine rings is 1. The van der Waals surface area contributed by atoms with Gasteiger partial charge in [0.1, 0.15) is 11.5 Å². The van der Waals surface area contributed by atoms with Gasteiger partial charge in [-0.2, -0.15) is 0 Å². The smallest absolute Gasteiger partial charge is 0.166 e. The molecule has 0 spiro atoms. The monoisotopic (exact) mass is 415 g/mol. The minimum Gasteiger partial charge on any atom is -0.497 e. The molecule has 6 nitrogen and oxygen atoms in total. The fourth-order valence-electron chi connectivity index (χ4n) is 3.35. The summed E-state index contributed by atoms with van der Waals surface area (Å²) in [5, 5.41) is 7.31. The molecule has 1 aliphatic heterocycles. The average Bonchev–Trinajstić information content (AvgIpc) is 2.79. The molecular weight excluding hydrogens is 386 g/mol. The van der Waals surface area contributed by atoms with Crippen LogP contribution in [0.1, 0.15) is 17.2 Å². The fraction of sp³-hybridized carbons (Fsp3) is 0.409. The van der Waals surface area contributed by atoms with Gasteiger partial charge >= 0.3 is 0 Å². The standard InChI is InChI=1S/C22H29N3O3S/c1-26-19-7-3-17(4-8-19)15-23-22(29)24-16-21(25-11-13-28-14-12-25)18-5-9-20(27-2)10-6-18/h3-10,21H,11-16H2,1-2H3,(H2,23,24,29)/t21-/m1/s1. The number of benzene rings is 2. The van der Waals surface area contributed by atoms with Crippen molar-refractivity contribution in [1.82, 2.24) is 15.5 Å². The van der Waals surface area contributed by atoms with Crippen LogP contribution in [0.15, 0.2) is 48.5 Å². The molecule has 0 radical (unpaired) electrons. The Morgan fingerprint density at radius 2 is 1.55 bits per heavy atom. The number of hydrogen-bond donors (Lipinski definition) is 2. The van der Waals surface area contributed by atoms with Crippen LogP contribution in [0.4, 0.5) is 0 Å².